The molecule has 126 valence electrons. The molecule has 6 heteroatoms. The summed E-state index contributed by atoms with van der Waals surface area (Å²) in [6, 6.07) is 13.2. The van der Waals surface area contributed by atoms with Crippen LogP contribution in [0.1, 0.15) is 18.1 Å². The first kappa shape index (κ1) is 17.0. The van der Waals surface area contributed by atoms with Gasteiger partial charge in [-0.05, 0) is 44.2 Å². The van der Waals surface area contributed by atoms with Crippen LogP contribution in [-0.2, 0) is 4.79 Å². The highest BCUT2D eigenvalue weighted by molar-refractivity contribution is 7.99. The van der Waals surface area contributed by atoms with Crippen molar-refractivity contribution in [3.8, 4) is 0 Å². The molecule has 0 aliphatic heterocycles. The molecule has 0 unspecified atom stereocenters. The number of hydrogen-bond donors (Lipinski definition) is 1. The molecule has 0 saturated heterocycles. The van der Waals surface area contributed by atoms with Crippen molar-refractivity contribution in [1.29, 1.82) is 0 Å². The number of aryl methyl sites for hydroxylation is 1. The Balaban J connectivity index is 2.20. The summed E-state index contributed by atoms with van der Waals surface area (Å²) in [4.78, 5) is 29.5. The number of carboxylic acid groups (broad SMARTS) is 1. The molecule has 0 spiro atoms. The predicted molar refractivity (Wildman–Crippen MR) is 98.1 cm³/mol. The van der Waals surface area contributed by atoms with Gasteiger partial charge < -0.3 is 5.11 Å². The van der Waals surface area contributed by atoms with E-state index < -0.39 is 5.97 Å². The number of fused-ring (bicyclic) bond motifs is 1. The molecule has 5 nitrogen and oxygen atoms in total. The molecule has 0 atom stereocenters. The standard InChI is InChI=1S/C19H16N2O3S/c1-12-6-8-14(9-7-12)25-17-15(11-13(2)19(23)24)18(22)21-10-4-3-5-16(21)20-17/h3-11H,1-2H3,(H,23,24)/b13-11+. The van der Waals surface area contributed by atoms with Gasteiger partial charge in [0.15, 0.2) is 0 Å². The maximum atomic E-state index is 12.8. The lowest BCUT2D eigenvalue weighted by molar-refractivity contribution is -0.132. The molecule has 0 aliphatic carbocycles. The Labute approximate surface area is 148 Å². The Kier molecular flexibility index (Phi) is 4.72. The van der Waals surface area contributed by atoms with Gasteiger partial charge in [0.1, 0.15) is 10.7 Å². The fourth-order valence-electron chi connectivity index (χ4n) is 2.28. The lowest BCUT2D eigenvalue weighted by Crippen LogP contribution is -2.19. The summed E-state index contributed by atoms with van der Waals surface area (Å²) in [6.07, 6.45) is 3.01. The smallest absolute Gasteiger partial charge is 0.331 e. The molecule has 1 N–H and O–H groups in total. The van der Waals surface area contributed by atoms with E-state index in [0.717, 1.165) is 10.5 Å². The minimum Gasteiger partial charge on any atom is -0.478 e. The number of aliphatic carboxylic acids is 1. The largest absolute Gasteiger partial charge is 0.478 e. The highest BCUT2D eigenvalue weighted by atomic mass is 32.2. The van der Waals surface area contributed by atoms with Crippen LogP contribution in [0.3, 0.4) is 0 Å². The van der Waals surface area contributed by atoms with E-state index in [1.54, 1.807) is 24.4 Å². The molecule has 0 radical (unpaired) electrons. The zero-order chi connectivity index (χ0) is 18.0. The molecular formula is C19H16N2O3S. The van der Waals surface area contributed by atoms with Crippen molar-refractivity contribution in [1.82, 2.24) is 9.38 Å². The second kappa shape index (κ2) is 6.94. The SMILES string of the molecule is C/C(=C\c1c(Sc2ccc(C)cc2)nc2ccccn2c1=O)C(=O)O. The Bertz CT molecular complexity index is 1040. The van der Waals surface area contributed by atoms with Crippen molar-refractivity contribution >= 4 is 29.5 Å². The van der Waals surface area contributed by atoms with Gasteiger partial charge in [-0.15, -0.1) is 0 Å². The molecule has 3 rings (SSSR count). The normalized spacial score (nSPS) is 11.7. The summed E-state index contributed by atoms with van der Waals surface area (Å²) in [7, 11) is 0. The van der Waals surface area contributed by atoms with E-state index in [1.165, 1.54) is 29.2 Å². The fraction of sp³-hybridized carbons (Fsp3) is 0.105. The van der Waals surface area contributed by atoms with Crippen LogP contribution in [0.4, 0.5) is 0 Å². The van der Waals surface area contributed by atoms with E-state index in [1.807, 2.05) is 31.2 Å². The van der Waals surface area contributed by atoms with Crippen LogP contribution in [-0.4, -0.2) is 20.5 Å². The third kappa shape index (κ3) is 3.64. The van der Waals surface area contributed by atoms with Crippen molar-refractivity contribution in [2.45, 2.75) is 23.8 Å². The topological polar surface area (TPSA) is 71.7 Å². The lowest BCUT2D eigenvalue weighted by atomic mass is 10.2. The first-order chi connectivity index (χ1) is 12.0. The molecule has 25 heavy (non-hydrogen) atoms. The van der Waals surface area contributed by atoms with Gasteiger partial charge in [-0.3, -0.25) is 9.20 Å². The van der Waals surface area contributed by atoms with Crippen LogP contribution in [0, 0.1) is 6.92 Å². The minimum atomic E-state index is -1.07. The van der Waals surface area contributed by atoms with Crippen LogP contribution >= 0.6 is 11.8 Å². The van der Waals surface area contributed by atoms with Crippen LogP contribution in [0.2, 0.25) is 0 Å². The number of aromatic nitrogens is 2. The van der Waals surface area contributed by atoms with E-state index in [-0.39, 0.29) is 16.7 Å². The minimum absolute atomic E-state index is 0.0838. The summed E-state index contributed by atoms with van der Waals surface area (Å²) in [6.45, 7) is 3.46. The van der Waals surface area contributed by atoms with E-state index in [0.29, 0.717) is 10.7 Å². The number of carboxylic acids is 1. The highest BCUT2D eigenvalue weighted by Gasteiger charge is 2.14. The summed E-state index contributed by atoms with van der Waals surface area (Å²) >= 11 is 1.34. The molecule has 3 aromatic rings. The maximum Gasteiger partial charge on any atom is 0.331 e. The first-order valence-corrected chi connectivity index (χ1v) is 8.45. The Morgan fingerprint density at radius 2 is 1.92 bits per heavy atom. The first-order valence-electron chi connectivity index (χ1n) is 7.63. The number of hydrogen-bond acceptors (Lipinski definition) is 4. The van der Waals surface area contributed by atoms with Gasteiger partial charge in [0.2, 0.25) is 0 Å². The fourth-order valence-corrected chi connectivity index (χ4v) is 3.17. The molecule has 1 aromatic carbocycles. The van der Waals surface area contributed by atoms with E-state index in [9.17, 15) is 9.59 Å². The van der Waals surface area contributed by atoms with Crippen molar-refractivity contribution in [2.24, 2.45) is 0 Å². The molecule has 0 amide bonds. The van der Waals surface area contributed by atoms with Gasteiger partial charge in [0, 0.05) is 16.7 Å². The number of benzene rings is 1. The van der Waals surface area contributed by atoms with Gasteiger partial charge in [-0.25, -0.2) is 9.78 Å². The summed E-state index contributed by atoms with van der Waals surface area (Å²) < 4.78 is 1.42. The van der Waals surface area contributed by atoms with E-state index >= 15 is 0 Å². The summed E-state index contributed by atoms with van der Waals surface area (Å²) in [5.41, 5.74) is 1.72. The summed E-state index contributed by atoms with van der Waals surface area (Å²) in [5.74, 6) is -1.07. The second-order valence-electron chi connectivity index (χ2n) is 5.61. The third-order valence-corrected chi connectivity index (χ3v) is 4.68. The van der Waals surface area contributed by atoms with Gasteiger partial charge in [-0.1, -0.05) is 35.5 Å². The van der Waals surface area contributed by atoms with Crippen LogP contribution in [0.15, 0.2) is 69.0 Å². The van der Waals surface area contributed by atoms with Gasteiger partial charge in [0.25, 0.3) is 5.56 Å². The molecule has 0 saturated carbocycles. The van der Waals surface area contributed by atoms with Crippen LogP contribution in [0.25, 0.3) is 11.7 Å². The van der Waals surface area contributed by atoms with Crippen molar-refractivity contribution in [3.63, 3.8) is 0 Å². The van der Waals surface area contributed by atoms with Crippen molar-refractivity contribution in [2.75, 3.05) is 0 Å². The molecule has 0 bridgehead atoms. The molecule has 0 fully saturated rings. The van der Waals surface area contributed by atoms with E-state index in [2.05, 4.69) is 4.98 Å². The highest BCUT2D eigenvalue weighted by Crippen LogP contribution is 2.29. The summed E-state index contributed by atoms with van der Waals surface area (Å²) in [5, 5.41) is 9.64. The number of nitrogens with zero attached hydrogens (tertiary/aromatic N) is 2. The Morgan fingerprint density at radius 1 is 1.20 bits per heavy atom. The number of pyridine rings is 1. The molecule has 0 aliphatic rings. The van der Waals surface area contributed by atoms with Crippen molar-refractivity contribution < 1.29 is 9.90 Å². The Morgan fingerprint density at radius 3 is 2.60 bits per heavy atom. The molecule has 2 heterocycles. The van der Waals surface area contributed by atoms with Crippen molar-refractivity contribution in [3.05, 3.63) is 75.7 Å². The quantitative estimate of drug-likeness (QED) is 0.573. The zero-order valence-electron chi connectivity index (χ0n) is 13.8. The van der Waals surface area contributed by atoms with Crippen LogP contribution in [0.5, 0.6) is 0 Å². The lowest BCUT2D eigenvalue weighted by Gasteiger charge is -2.09. The predicted octanol–water partition coefficient (Wildman–Crippen LogP) is 3.64. The average Bonchev–Trinajstić information content (AvgIpc) is 2.60. The van der Waals surface area contributed by atoms with Gasteiger partial charge in [0.05, 0.1) is 5.56 Å². The van der Waals surface area contributed by atoms with E-state index in [4.69, 9.17) is 5.11 Å². The molecular weight excluding hydrogens is 336 g/mol. The average molecular weight is 352 g/mol. The molecule has 2 aromatic heterocycles. The third-order valence-electron chi connectivity index (χ3n) is 3.67. The zero-order valence-corrected chi connectivity index (χ0v) is 14.6. The number of rotatable bonds is 4. The second-order valence-corrected chi connectivity index (χ2v) is 6.67. The maximum absolute atomic E-state index is 12.8. The van der Waals surface area contributed by atoms with Crippen LogP contribution < -0.4 is 5.56 Å². The monoisotopic (exact) mass is 352 g/mol. The number of carbonyl (C=O) groups is 1. The Hall–Kier alpha value is -2.86. The van der Waals surface area contributed by atoms with Gasteiger partial charge >= 0.3 is 5.97 Å². The van der Waals surface area contributed by atoms with Gasteiger partial charge in [-0.2, -0.15) is 0 Å².